The minimum Gasteiger partial charge on any atom is -0.507 e. The maximum atomic E-state index is 12.2. The molecule has 4 nitrogen and oxygen atoms in total. The zero-order chi connectivity index (χ0) is 14.9. The number of hydrogen-bond donors (Lipinski definition) is 3. The molecule has 4 N–H and O–H groups in total. The molecule has 0 saturated heterocycles. The van der Waals surface area contributed by atoms with Crippen LogP contribution in [0, 0.1) is 6.92 Å². The van der Waals surface area contributed by atoms with E-state index in [-0.39, 0.29) is 11.3 Å². The van der Waals surface area contributed by atoms with E-state index in [0.717, 1.165) is 10.0 Å². The van der Waals surface area contributed by atoms with Gasteiger partial charge in [-0.1, -0.05) is 27.5 Å². The number of carbonyl (C=O) groups is 1. The van der Waals surface area contributed by atoms with Gasteiger partial charge in [0.05, 0.1) is 16.9 Å². The van der Waals surface area contributed by atoms with Gasteiger partial charge in [-0.25, -0.2) is 0 Å². The number of nitrogens with one attached hydrogen (secondary N) is 1. The van der Waals surface area contributed by atoms with Crippen LogP contribution in [0.1, 0.15) is 15.9 Å². The predicted molar refractivity (Wildman–Crippen MR) is 84.4 cm³/mol. The molecule has 2 aromatic carbocycles. The fraction of sp³-hybridized carbons (Fsp3) is 0.0714. The number of anilines is 2. The highest BCUT2D eigenvalue weighted by atomic mass is 79.9. The van der Waals surface area contributed by atoms with Crippen molar-refractivity contribution in [2.45, 2.75) is 6.92 Å². The number of carbonyl (C=O) groups excluding carboxylic acids is 1. The van der Waals surface area contributed by atoms with Crippen molar-refractivity contribution in [1.82, 2.24) is 0 Å². The van der Waals surface area contributed by atoms with Crippen molar-refractivity contribution in [3.63, 3.8) is 0 Å². The van der Waals surface area contributed by atoms with Crippen molar-refractivity contribution in [1.29, 1.82) is 0 Å². The van der Waals surface area contributed by atoms with Crippen LogP contribution in [0.4, 0.5) is 11.4 Å². The molecular formula is C14H12BrClN2O2. The van der Waals surface area contributed by atoms with Gasteiger partial charge in [0.15, 0.2) is 0 Å². The second-order valence-electron chi connectivity index (χ2n) is 4.30. The monoisotopic (exact) mass is 354 g/mol. The minimum absolute atomic E-state index is 0.0965. The van der Waals surface area contributed by atoms with E-state index in [0.29, 0.717) is 16.4 Å². The molecule has 0 fully saturated rings. The molecule has 104 valence electrons. The first-order chi connectivity index (χ1) is 9.38. The van der Waals surface area contributed by atoms with Crippen molar-refractivity contribution in [3.8, 4) is 5.75 Å². The Labute approximate surface area is 129 Å². The number of benzene rings is 2. The summed E-state index contributed by atoms with van der Waals surface area (Å²) in [6.45, 7) is 1.83. The summed E-state index contributed by atoms with van der Waals surface area (Å²) < 4.78 is 0.830. The van der Waals surface area contributed by atoms with Gasteiger partial charge in [-0.05, 0) is 42.8 Å². The van der Waals surface area contributed by atoms with Crippen LogP contribution in [0.15, 0.2) is 34.8 Å². The summed E-state index contributed by atoms with van der Waals surface area (Å²) in [7, 11) is 0. The van der Waals surface area contributed by atoms with Crippen LogP contribution in [0.5, 0.6) is 5.75 Å². The van der Waals surface area contributed by atoms with E-state index in [1.54, 1.807) is 6.07 Å². The number of halogens is 2. The SMILES string of the molecule is Cc1cc(Br)cc(N)c1NC(=O)c1cc(Cl)ccc1O. The Kier molecular flexibility index (Phi) is 4.20. The zero-order valence-electron chi connectivity index (χ0n) is 10.6. The number of phenols is 1. The largest absolute Gasteiger partial charge is 0.507 e. The maximum Gasteiger partial charge on any atom is 0.259 e. The molecule has 0 aliphatic carbocycles. The number of aryl methyl sites for hydroxylation is 1. The summed E-state index contributed by atoms with van der Waals surface area (Å²) in [6, 6.07) is 7.81. The van der Waals surface area contributed by atoms with Crippen molar-refractivity contribution in [3.05, 3.63) is 51.0 Å². The average molecular weight is 356 g/mol. The fourth-order valence-corrected chi connectivity index (χ4v) is 2.57. The number of hydrogen-bond acceptors (Lipinski definition) is 3. The number of aromatic hydroxyl groups is 1. The Morgan fingerprint density at radius 2 is 2.05 bits per heavy atom. The number of nitrogen functional groups attached to an aromatic ring is 1. The van der Waals surface area contributed by atoms with Crippen molar-refractivity contribution in [2.24, 2.45) is 0 Å². The normalized spacial score (nSPS) is 10.3. The van der Waals surface area contributed by atoms with Crippen LogP contribution in [0.2, 0.25) is 5.02 Å². The van der Waals surface area contributed by atoms with Crippen molar-refractivity contribution >= 4 is 44.8 Å². The zero-order valence-corrected chi connectivity index (χ0v) is 12.9. The number of nitrogens with two attached hydrogens (primary N) is 1. The molecule has 20 heavy (non-hydrogen) atoms. The fourth-order valence-electron chi connectivity index (χ4n) is 1.81. The molecule has 0 atom stereocenters. The molecule has 0 aromatic heterocycles. The van der Waals surface area contributed by atoms with Crippen LogP contribution in [-0.2, 0) is 0 Å². The van der Waals surface area contributed by atoms with Gasteiger partial charge < -0.3 is 16.2 Å². The lowest BCUT2D eigenvalue weighted by Crippen LogP contribution is -2.14. The van der Waals surface area contributed by atoms with Crippen LogP contribution < -0.4 is 11.1 Å². The lowest BCUT2D eigenvalue weighted by atomic mass is 10.1. The molecule has 0 heterocycles. The highest BCUT2D eigenvalue weighted by Crippen LogP contribution is 2.29. The third-order valence-electron chi connectivity index (χ3n) is 2.77. The summed E-state index contributed by atoms with van der Waals surface area (Å²) in [5, 5.41) is 12.8. The highest BCUT2D eigenvalue weighted by Gasteiger charge is 2.14. The molecule has 0 aliphatic rings. The van der Waals surface area contributed by atoms with E-state index in [1.165, 1.54) is 18.2 Å². The lowest BCUT2D eigenvalue weighted by molar-refractivity contribution is 0.102. The number of amides is 1. The Balaban J connectivity index is 2.35. The molecule has 2 aromatic rings. The standard InChI is InChI=1S/C14H12BrClN2O2/c1-7-4-8(15)5-11(17)13(7)18-14(20)10-6-9(16)2-3-12(10)19/h2-6,19H,17H2,1H3,(H,18,20). The van der Waals surface area contributed by atoms with E-state index in [2.05, 4.69) is 21.2 Å². The van der Waals surface area contributed by atoms with E-state index in [9.17, 15) is 9.90 Å². The van der Waals surface area contributed by atoms with Crippen molar-refractivity contribution in [2.75, 3.05) is 11.1 Å². The first-order valence-corrected chi connectivity index (χ1v) is 6.91. The number of rotatable bonds is 2. The van der Waals surface area contributed by atoms with Gasteiger partial charge >= 0.3 is 0 Å². The molecule has 6 heteroatoms. The molecule has 1 amide bonds. The van der Waals surface area contributed by atoms with E-state index < -0.39 is 5.91 Å². The van der Waals surface area contributed by atoms with E-state index >= 15 is 0 Å². The smallest absolute Gasteiger partial charge is 0.259 e. The maximum absolute atomic E-state index is 12.2. The Bertz CT molecular complexity index is 666. The van der Waals surface area contributed by atoms with Crippen molar-refractivity contribution < 1.29 is 9.90 Å². The van der Waals surface area contributed by atoms with Gasteiger partial charge in [0.25, 0.3) is 5.91 Å². The second-order valence-corrected chi connectivity index (χ2v) is 5.65. The first kappa shape index (κ1) is 14.7. The van der Waals surface area contributed by atoms with Crippen LogP contribution in [0.3, 0.4) is 0 Å². The molecule has 0 spiro atoms. The molecule has 0 saturated carbocycles. The van der Waals surface area contributed by atoms with E-state index in [4.69, 9.17) is 17.3 Å². The highest BCUT2D eigenvalue weighted by molar-refractivity contribution is 9.10. The summed E-state index contributed by atoms with van der Waals surface area (Å²) >= 11 is 9.15. The first-order valence-electron chi connectivity index (χ1n) is 5.74. The van der Waals surface area contributed by atoms with Gasteiger partial charge in [-0.3, -0.25) is 4.79 Å². The van der Waals surface area contributed by atoms with Gasteiger partial charge in [0, 0.05) is 9.50 Å². The van der Waals surface area contributed by atoms with Crippen LogP contribution in [-0.4, -0.2) is 11.0 Å². The molecule has 0 radical (unpaired) electrons. The molecule has 0 bridgehead atoms. The third-order valence-corrected chi connectivity index (χ3v) is 3.47. The molecular weight excluding hydrogens is 344 g/mol. The lowest BCUT2D eigenvalue weighted by Gasteiger charge is -2.12. The minimum atomic E-state index is -0.470. The summed E-state index contributed by atoms with van der Waals surface area (Å²) in [6.07, 6.45) is 0. The summed E-state index contributed by atoms with van der Waals surface area (Å²) in [5.74, 6) is -0.609. The summed E-state index contributed by atoms with van der Waals surface area (Å²) in [5.41, 5.74) is 7.74. The second kappa shape index (κ2) is 5.73. The van der Waals surface area contributed by atoms with Gasteiger partial charge in [-0.15, -0.1) is 0 Å². The van der Waals surface area contributed by atoms with E-state index in [1.807, 2.05) is 13.0 Å². The summed E-state index contributed by atoms with van der Waals surface area (Å²) in [4.78, 5) is 12.2. The Hall–Kier alpha value is -1.72. The Morgan fingerprint density at radius 1 is 1.35 bits per heavy atom. The topological polar surface area (TPSA) is 75.3 Å². The predicted octanol–water partition coefficient (Wildman–Crippen LogP) is 3.95. The molecule has 2 rings (SSSR count). The van der Waals surface area contributed by atoms with Gasteiger partial charge in [0.2, 0.25) is 0 Å². The molecule has 0 unspecified atom stereocenters. The van der Waals surface area contributed by atoms with Crippen LogP contribution in [0.25, 0.3) is 0 Å². The van der Waals surface area contributed by atoms with Gasteiger partial charge in [0.1, 0.15) is 5.75 Å². The molecule has 0 aliphatic heterocycles. The van der Waals surface area contributed by atoms with Gasteiger partial charge in [-0.2, -0.15) is 0 Å². The quantitative estimate of drug-likeness (QED) is 0.714. The van der Waals surface area contributed by atoms with Crippen LogP contribution >= 0.6 is 27.5 Å². The Morgan fingerprint density at radius 3 is 2.70 bits per heavy atom. The third kappa shape index (κ3) is 3.05. The average Bonchev–Trinajstić information content (AvgIpc) is 2.36. The number of phenolic OH excluding ortho intramolecular Hbond substituents is 1.